The summed E-state index contributed by atoms with van der Waals surface area (Å²) in [7, 11) is 0. The molecule has 0 nitrogen and oxygen atoms in total. The quantitative estimate of drug-likeness (QED) is 0.353. The molecule has 0 fully saturated rings. The van der Waals surface area contributed by atoms with Crippen LogP contribution in [0.3, 0.4) is 0 Å². The van der Waals surface area contributed by atoms with Gasteiger partial charge in [0, 0.05) is 0 Å². The second-order valence-electron chi connectivity index (χ2n) is 0. The average molecular weight is 402 g/mol. The molecule has 0 saturated heterocycles. The van der Waals surface area contributed by atoms with E-state index in [1.165, 1.54) is 0 Å². The van der Waals surface area contributed by atoms with Crippen LogP contribution in [0, 0.1) is 81.7 Å². The molecule has 8 heavy (non-hydrogen) atoms. The molecule has 0 rings (SSSR count). The number of hydrogen-bond donors (Lipinski definition) is 0. The normalized spacial score (nSPS) is 0. The van der Waals surface area contributed by atoms with Crippen molar-refractivity contribution in [2.75, 3.05) is 0 Å². The van der Waals surface area contributed by atoms with Gasteiger partial charge < -0.3 is 28.2 Å². The van der Waals surface area contributed by atoms with Crippen LogP contribution in [0.2, 0.25) is 0 Å². The number of halogens is 6. The zero-order chi connectivity index (χ0) is 0. The molecule has 50 valence electrons. The Labute approximate surface area is 108 Å². The Morgan fingerprint density at radius 2 is 0.250 bits per heavy atom. The molecular weight excluding hydrogens is 402 g/mol. The third kappa shape index (κ3) is 84.4. The van der Waals surface area contributed by atoms with Gasteiger partial charge in [-0.3, -0.25) is 0 Å². The molecule has 0 aliphatic heterocycles. The predicted molar refractivity (Wildman–Crippen MR) is 0 cm³/mol. The Balaban J connectivity index is 0. The van der Waals surface area contributed by atoms with Gasteiger partial charge in [-0.1, -0.05) is 0 Å². The smallest absolute Gasteiger partial charge is 1.00 e. The fourth-order valence-corrected chi connectivity index (χ4v) is 0. The van der Waals surface area contributed by atoms with Crippen LogP contribution in [0.5, 0.6) is 0 Å². The Hall–Kier alpha value is 2.28. The van der Waals surface area contributed by atoms with Crippen molar-refractivity contribution in [1.82, 2.24) is 0 Å². The minimum Gasteiger partial charge on any atom is -1.00 e. The summed E-state index contributed by atoms with van der Waals surface area (Å²) in [4.78, 5) is 0. The van der Waals surface area contributed by atoms with E-state index in [4.69, 9.17) is 0 Å². The SMILES string of the molecule is [F-].[F-].[F-].[F-].[F-].[F-].[Nd+3].[Nd+3]. The molecule has 0 atom stereocenters. The maximum atomic E-state index is 0. The third-order valence-corrected chi connectivity index (χ3v) is 0. The maximum Gasteiger partial charge on any atom is 3.00 e. The van der Waals surface area contributed by atoms with E-state index >= 15 is 0 Å². The first kappa shape index (κ1) is 170. The van der Waals surface area contributed by atoms with Crippen molar-refractivity contribution in [1.29, 1.82) is 0 Å². The standard InChI is InChI=1S/6FH.2Nd/h6*1H;;/q;;;;;;2*+3/p-6. The van der Waals surface area contributed by atoms with Crippen molar-refractivity contribution in [2.45, 2.75) is 0 Å². The Kier molecular flexibility index (Phi) is 2600. The molecule has 0 aromatic rings. The summed E-state index contributed by atoms with van der Waals surface area (Å²) >= 11 is 0. The van der Waals surface area contributed by atoms with E-state index in [1.807, 2.05) is 0 Å². The van der Waals surface area contributed by atoms with Gasteiger partial charge in [0.2, 0.25) is 0 Å². The van der Waals surface area contributed by atoms with Gasteiger partial charge in [-0.25, -0.2) is 0 Å². The molecular formula is F6Nd2. The zero-order valence-electron chi connectivity index (χ0n) is 3.27. The Morgan fingerprint density at radius 3 is 0.250 bits per heavy atom. The van der Waals surface area contributed by atoms with Crippen LogP contribution in [0.1, 0.15) is 0 Å². The van der Waals surface area contributed by atoms with Crippen LogP contribution >= 0.6 is 0 Å². The van der Waals surface area contributed by atoms with E-state index in [1.54, 1.807) is 0 Å². The van der Waals surface area contributed by atoms with E-state index in [0.29, 0.717) is 0 Å². The minimum atomic E-state index is 0. The van der Waals surface area contributed by atoms with E-state index in [2.05, 4.69) is 0 Å². The van der Waals surface area contributed by atoms with Gasteiger partial charge in [0.05, 0.1) is 0 Å². The van der Waals surface area contributed by atoms with Crippen molar-refractivity contribution in [2.24, 2.45) is 0 Å². The second-order valence-corrected chi connectivity index (χ2v) is 0. The summed E-state index contributed by atoms with van der Waals surface area (Å²) in [6, 6.07) is 0. The van der Waals surface area contributed by atoms with Gasteiger partial charge >= 0.3 is 81.7 Å². The first-order valence-electron chi connectivity index (χ1n) is 0. The zero-order valence-corrected chi connectivity index (χ0v) is 9.68. The van der Waals surface area contributed by atoms with Crippen molar-refractivity contribution in [3.63, 3.8) is 0 Å². The van der Waals surface area contributed by atoms with Crippen LogP contribution < -0.4 is 28.2 Å². The van der Waals surface area contributed by atoms with Crippen molar-refractivity contribution in [3.05, 3.63) is 0 Å². The van der Waals surface area contributed by atoms with E-state index < -0.39 is 0 Å². The molecule has 0 aliphatic rings. The van der Waals surface area contributed by atoms with E-state index in [0.717, 1.165) is 0 Å². The molecule has 0 spiro atoms. The van der Waals surface area contributed by atoms with Gasteiger partial charge in [-0.05, 0) is 0 Å². The Bertz CT molecular complexity index is 6.49. The van der Waals surface area contributed by atoms with Crippen molar-refractivity contribution in [3.8, 4) is 0 Å². The van der Waals surface area contributed by atoms with Crippen LogP contribution in [-0.2, 0) is 0 Å². The van der Waals surface area contributed by atoms with Crippen molar-refractivity contribution < 1.29 is 110 Å². The first-order valence-corrected chi connectivity index (χ1v) is 0. The fraction of sp³-hybridized carbons (Fsp3) is 0. The molecule has 0 heterocycles. The molecule has 0 bridgehead atoms. The van der Waals surface area contributed by atoms with E-state index in [-0.39, 0.29) is 110 Å². The van der Waals surface area contributed by atoms with E-state index in [9.17, 15) is 0 Å². The van der Waals surface area contributed by atoms with Crippen LogP contribution in [0.15, 0.2) is 0 Å². The molecule has 0 aliphatic carbocycles. The molecule has 0 aromatic carbocycles. The monoisotopic (exact) mass is 398 g/mol. The largest absolute Gasteiger partial charge is 3.00 e. The maximum absolute atomic E-state index is 0. The molecule has 2 radical (unpaired) electrons. The van der Waals surface area contributed by atoms with Crippen LogP contribution in [-0.4, -0.2) is 0 Å². The third-order valence-electron chi connectivity index (χ3n) is 0. The fourth-order valence-electron chi connectivity index (χ4n) is 0. The van der Waals surface area contributed by atoms with Gasteiger partial charge in [0.1, 0.15) is 0 Å². The molecule has 0 N–H and O–H groups in total. The molecule has 8 heteroatoms. The molecule has 0 amide bonds. The minimum absolute atomic E-state index is 0. The average Bonchev–Trinajstić information content (AvgIpc) is 0. The summed E-state index contributed by atoms with van der Waals surface area (Å²) < 4.78 is 0. The van der Waals surface area contributed by atoms with Crippen molar-refractivity contribution >= 4 is 0 Å². The van der Waals surface area contributed by atoms with Gasteiger partial charge in [0.15, 0.2) is 0 Å². The second kappa shape index (κ2) is 122. The summed E-state index contributed by atoms with van der Waals surface area (Å²) in [6.07, 6.45) is 0. The number of hydrogen-bond acceptors (Lipinski definition) is 0. The van der Waals surface area contributed by atoms with Gasteiger partial charge in [-0.2, -0.15) is 0 Å². The predicted octanol–water partition coefficient (Wildman–Crippen LogP) is -18.0. The first-order chi connectivity index (χ1) is 0. The molecule has 0 aromatic heterocycles. The topological polar surface area (TPSA) is 0 Å². The summed E-state index contributed by atoms with van der Waals surface area (Å²) in [5, 5.41) is 0. The molecule has 0 saturated carbocycles. The Morgan fingerprint density at radius 1 is 0.250 bits per heavy atom. The van der Waals surface area contributed by atoms with Crippen LogP contribution in [0.4, 0.5) is 0 Å². The summed E-state index contributed by atoms with van der Waals surface area (Å²) in [5.41, 5.74) is 0. The van der Waals surface area contributed by atoms with Gasteiger partial charge in [0.25, 0.3) is 0 Å². The number of rotatable bonds is 0. The molecule has 0 unspecified atom stereocenters. The van der Waals surface area contributed by atoms with Crippen LogP contribution in [0.25, 0.3) is 0 Å². The van der Waals surface area contributed by atoms with Gasteiger partial charge in [-0.15, -0.1) is 0 Å². The summed E-state index contributed by atoms with van der Waals surface area (Å²) in [5.74, 6) is 0. The summed E-state index contributed by atoms with van der Waals surface area (Å²) in [6.45, 7) is 0.